The van der Waals surface area contributed by atoms with Gasteiger partial charge < -0.3 is 10.4 Å². The van der Waals surface area contributed by atoms with Crippen LogP contribution in [0.1, 0.15) is 43.5 Å². The zero-order chi connectivity index (χ0) is 15.1. The molecule has 0 aliphatic carbocycles. The topological polar surface area (TPSA) is 92.5 Å². The van der Waals surface area contributed by atoms with E-state index in [9.17, 15) is 14.9 Å². The molecule has 2 N–H and O–H groups in total. The predicted octanol–water partition coefficient (Wildman–Crippen LogP) is 3.53. The standard InChI is InChI=1S/C14H20N2O4/c1-10(2)5-3-4-8-15-11-6-7-12(14(17)18)13(9-11)16(19)20/h6-7,9-10,15H,3-5,8H2,1-2H3,(H,17,18). The fourth-order valence-electron chi connectivity index (χ4n) is 1.88. The lowest BCUT2D eigenvalue weighted by molar-refractivity contribution is -0.385. The Morgan fingerprint density at radius 3 is 2.65 bits per heavy atom. The number of unbranched alkanes of at least 4 members (excludes halogenated alkanes) is 1. The monoisotopic (exact) mass is 280 g/mol. The van der Waals surface area contributed by atoms with E-state index in [-0.39, 0.29) is 11.3 Å². The summed E-state index contributed by atoms with van der Waals surface area (Å²) < 4.78 is 0. The molecule has 0 spiro atoms. The zero-order valence-electron chi connectivity index (χ0n) is 11.8. The van der Waals surface area contributed by atoms with Gasteiger partial charge in [0.15, 0.2) is 0 Å². The lowest BCUT2D eigenvalue weighted by Crippen LogP contribution is -2.06. The molecule has 1 aromatic carbocycles. The van der Waals surface area contributed by atoms with Crippen molar-refractivity contribution in [1.29, 1.82) is 0 Å². The fourth-order valence-corrected chi connectivity index (χ4v) is 1.88. The van der Waals surface area contributed by atoms with E-state index in [1.54, 1.807) is 6.07 Å². The van der Waals surface area contributed by atoms with Crippen LogP contribution in [0.4, 0.5) is 11.4 Å². The van der Waals surface area contributed by atoms with Gasteiger partial charge in [-0.3, -0.25) is 10.1 Å². The Balaban J connectivity index is 2.61. The number of hydrogen-bond acceptors (Lipinski definition) is 4. The molecule has 0 aliphatic heterocycles. The fraction of sp³-hybridized carbons (Fsp3) is 0.500. The van der Waals surface area contributed by atoms with Crippen molar-refractivity contribution in [3.8, 4) is 0 Å². The van der Waals surface area contributed by atoms with Gasteiger partial charge in [0.1, 0.15) is 5.56 Å². The van der Waals surface area contributed by atoms with E-state index >= 15 is 0 Å². The summed E-state index contributed by atoms with van der Waals surface area (Å²) in [5.41, 5.74) is -0.101. The maximum Gasteiger partial charge on any atom is 0.342 e. The number of hydrogen-bond donors (Lipinski definition) is 2. The van der Waals surface area contributed by atoms with Gasteiger partial charge in [-0.2, -0.15) is 0 Å². The van der Waals surface area contributed by atoms with Gasteiger partial charge in [0, 0.05) is 18.3 Å². The van der Waals surface area contributed by atoms with Crippen molar-refractivity contribution < 1.29 is 14.8 Å². The summed E-state index contributed by atoms with van der Waals surface area (Å²) in [5.74, 6) is -0.619. The summed E-state index contributed by atoms with van der Waals surface area (Å²) >= 11 is 0. The molecule has 110 valence electrons. The third-order valence-corrected chi connectivity index (χ3v) is 2.96. The molecule has 1 rings (SSSR count). The van der Waals surface area contributed by atoms with E-state index in [1.807, 2.05) is 0 Å². The number of nitro groups is 1. The number of carboxylic acids is 1. The van der Waals surface area contributed by atoms with Crippen molar-refractivity contribution in [3.63, 3.8) is 0 Å². The van der Waals surface area contributed by atoms with Crippen molar-refractivity contribution in [2.45, 2.75) is 33.1 Å². The first-order valence-electron chi connectivity index (χ1n) is 6.67. The molecule has 20 heavy (non-hydrogen) atoms. The SMILES string of the molecule is CC(C)CCCCNc1ccc(C(=O)O)c([N+](=O)[O-])c1. The molecule has 0 amide bonds. The molecule has 0 saturated heterocycles. The Bertz CT molecular complexity index is 486. The van der Waals surface area contributed by atoms with Crippen LogP contribution in [0.25, 0.3) is 0 Å². The number of rotatable bonds is 8. The first-order valence-corrected chi connectivity index (χ1v) is 6.67. The van der Waals surface area contributed by atoms with Gasteiger partial charge in [-0.25, -0.2) is 4.79 Å². The van der Waals surface area contributed by atoms with Crippen LogP contribution in [0.15, 0.2) is 18.2 Å². The normalized spacial score (nSPS) is 10.6. The average molecular weight is 280 g/mol. The smallest absolute Gasteiger partial charge is 0.342 e. The highest BCUT2D eigenvalue weighted by atomic mass is 16.6. The van der Waals surface area contributed by atoms with E-state index in [4.69, 9.17) is 5.11 Å². The van der Waals surface area contributed by atoms with Crippen molar-refractivity contribution in [3.05, 3.63) is 33.9 Å². The molecular weight excluding hydrogens is 260 g/mol. The number of benzene rings is 1. The van der Waals surface area contributed by atoms with E-state index < -0.39 is 10.9 Å². The first-order chi connectivity index (χ1) is 9.41. The van der Waals surface area contributed by atoms with Crippen molar-refractivity contribution >= 4 is 17.3 Å². The van der Waals surface area contributed by atoms with Crippen LogP contribution in [-0.4, -0.2) is 22.5 Å². The zero-order valence-corrected chi connectivity index (χ0v) is 11.8. The summed E-state index contributed by atoms with van der Waals surface area (Å²) in [5, 5.41) is 22.8. The van der Waals surface area contributed by atoms with Gasteiger partial charge in [0.25, 0.3) is 5.69 Å². The summed E-state index contributed by atoms with van der Waals surface area (Å²) in [4.78, 5) is 21.0. The van der Waals surface area contributed by atoms with Crippen LogP contribution >= 0.6 is 0 Å². The molecular formula is C14H20N2O4. The molecule has 0 atom stereocenters. The number of nitrogens with zero attached hydrogens (tertiary/aromatic N) is 1. The Hall–Kier alpha value is -2.11. The molecule has 0 radical (unpaired) electrons. The summed E-state index contributed by atoms with van der Waals surface area (Å²) in [6, 6.07) is 4.09. The second-order valence-corrected chi connectivity index (χ2v) is 5.11. The van der Waals surface area contributed by atoms with E-state index in [2.05, 4.69) is 19.2 Å². The minimum Gasteiger partial charge on any atom is -0.477 e. The molecule has 0 aliphatic rings. The molecule has 0 fully saturated rings. The van der Waals surface area contributed by atoms with Gasteiger partial charge >= 0.3 is 5.97 Å². The number of aromatic carboxylic acids is 1. The lowest BCUT2D eigenvalue weighted by atomic mass is 10.1. The quantitative estimate of drug-likeness (QED) is 0.431. The Morgan fingerprint density at radius 1 is 1.40 bits per heavy atom. The molecule has 0 saturated carbocycles. The van der Waals surface area contributed by atoms with E-state index in [0.717, 1.165) is 25.8 Å². The average Bonchev–Trinajstić information content (AvgIpc) is 2.37. The summed E-state index contributed by atoms with van der Waals surface area (Å²) in [6.07, 6.45) is 3.23. The number of nitro benzene ring substituents is 1. The van der Waals surface area contributed by atoms with Crippen molar-refractivity contribution in [1.82, 2.24) is 0 Å². The maximum atomic E-state index is 10.9. The highest BCUT2D eigenvalue weighted by Crippen LogP contribution is 2.23. The van der Waals surface area contributed by atoms with E-state index in [0.29, 0.717) is 11.6 Å². The van der Waals surface area contributed by atoms with Crippen LogP contribution in [0.5, 0.6) is 0 Å². The molecule has 0 bridgehead atoms. The maximum absolute atomic E-state index is 10.9. The molecule has 6 nitrogen and oxygen atoms in total. The number of anilines is 1. The highest BCUT2D eigenvalue weighted by Gasteiger charge is 2.19. The summed E-state index contributed by atoms with van der Waals surface area (Å²) in [7, 11) is 0. The minimum atomic E-state index is -1.29. The highest BCUT2D eigenvalue weighted by molar-refractivity contribution is 5.93. The first kappa shape index (κ1) is 15.9. The van der Waals surface area contributed by atoms with Gasteiger partial charge in [-0.05, 0) is 24.5 Å². The number of carbonyl (C=O) groups is 1. The molecule has 0 aromatic heterocycles. The molecule has 1 aromatic rings. The predicted molar refractivity (Wildman–Crippen MR) is 77.2 cm³/mol. The second kappa shape index (κ2) is 7.47. The van der Waals surface area contributed by atoms with Crippen LogP contribution in [-0.2, 0) is 0 Å². The Labute approximate surface area is 118 Å². The van der Waals surface area contributed by atoms with Crippen molar-refractivity contribution in [2.75, 3.05) is 11.9 Å². The van der Waals surface area contributed by atoms with Crippen LogP contribution < -0.4 is 5.32 Å². The Morgan fingerprint density at radius 2 is 2.10 bits per heavy atom. The van der Waals surface area contributed by atoms with Gasteiger partial charge in [0.2, 0.25) is 0 Å². The molecule has 0 unspecified atom stereocenters. The van der Waals surface area contributed by atoms with E-state index in [1.165, 1.54) is 12.1 Å². The van der Waals surface area contributed by atoms with Crippen LogP contribution in [0, 0.1) is 16.0 Å². The number of nitrogens with one attached hydrogen (secondary N) is 1. The van der Waals surface area contributed by atoms with Gasteiger partial charge in [-0.15, -0.1) is 0 Å². The third-order valence-electron chi connectivity index (χ3n) is 2.96. The number of carboxylic acid groups (broad SMARTS) is 1. The third kappa shape index (κ3) is 4.87. The van der Waals surface area contributed by atoms with Gasteiger partial charge in [-0.1, -0.05) is 26.7 Å². The van der Waals surface area contributed by atoms with Crippen LogP contribution in [0.3, 0.4) is 0 Å². The van der Waals surface area contributed by atoms with Gasteiger partial charge in [0.05, 0.1) is 4.92 Å². The largest absolute Gasteiger partial charge is 0.477 e. The Kier molecular flexibility index (Phi) is 5.96. The van der Waals surface area contributed by atoms with Crippen molar-refractivity contribution in [2.24, 2.45) is 5.92 Å². The minimum absolute atomic E-state index is 0.291. The lowest BCUT2D eigenvalue weighted by Gasteiger charge is -2.08. The molecule has 6 heteroatoms. The summed E-state index contributed by atoms with van der Waals surface area (Å²) in [6.45, 7) is 5.05. The van der Waals surface area contributed by atoms with Crippen LogP contribution in [0.2, 0.25) is 0 Å². The molecule has 0 heterocycles. The second-order valence-electron chi connectivity index (χ2n) is 5.11.